The molecule has 0 saturated carbocycles. The highest BCUT2D eigenvalue weighted by molar-refractivity contribution is 5.29. The van der Waals surface area contributed by atoms with Crippen molar-refractivity contribution in [3.05, 3.63) is 17.6 Å². The van der Waals surface area contributed by atoms with Crippen molar-refractivity contribution in [3.8, 4) is 0 Å². The fourth-order valence-corrected chi connectivity index (χ4v) is 1.97. The number of morpholine rings is 1. The van der Waals surface area contributed by atoms with Gasteiger partial charge < -0.3 is 15.6 Å². The van der Waals surface area contributed by atoms with Gasteiger partial charge in [-0.3, -0.25) is 4.90 Å². The molecule has 0 spiro atoms. The van der Waals surface area contributed by atoms with Crippen LogP contribution in [0.15, 0.2) is 6.07 Å². The Kier molecular flexibility index (Phi) is 3.88. The third kappa shape index (κ3) is 3.12. The number of nitrogen functional groups attached to an aromatic ring is 1. The van der Waals surface area contributed by atoms with E-state index in [1.807, 2.05) is 6.92 Å². The van der Waals surface area contributed by atoms with Gasteiger partial charge in [-0.25, -0.2) is 9.97 Å². The lowest BCUT2D eigenvalue weighted by Gasteiger charge is -2.33. The summed E-state index contributed by atoms with van der Waals surface area (Å²) in [5.74, 6) is 1.18. The van der Waals surface area contributed by atoms with Gasteiger partial charge in [0.1, 0.15) is 11.6 Å². The Morgan fingerprint density at radius 1 is 1.59 bits per heavy atom. The normalized spacial score (nSPS) is 21.6. The second-order valence-electron chi connectivity index (χ2n) is 4.23. The standard InChI is InChI=1S/C11H18N4O2/c1-8-4-10(12)14-11(13-8)5-15-2-3-17-7-9(15)6-16/h4,9,16H,2-3,5-7H2,1H3,(H2,12,13,14). The molecule has 1 aliphatic rings. The monoisotopic (exact) mass is 238 g/mol. The first-order chi connectivity index (χ1) is 8.19. The van der Waals surface area contributed by atoms with E-state index in [2.05, 4.69) is 14.9 Å². The first-order valence-electron chi connectivity index (χ1n) is 5.71. The Labute approximate surface area is 100 Å². The summed E-state index contributed by atoms with van der Waals surface area (Å²) in [6, 6.07) is 1.76. The Morgan fingerprint density at radius 2 is 2.41 bits per heavy atom. The lowest BCUT2D eigenvalue weighted by atomic mass is 10.2. The topological polar surface area (TPSA) is 84.5 Å². The number of nitrogens with two attached hydrogens (primary N) is 1. The predicted octanol–water partition coefficient (Wildman–Crippen LogP) is -0.440. The number of hydrogen-bond acceptors (Lipinski definition) is 6. The molecule has 2 heterocycles. The first-order valence-corrected chi connectivity index (χ1v) is 5.71. The fourth-order valence-electron chi connectivity index (χ4n) is 1.97. The summed E-state index contributed by atoms with van der Waals surface area (Å²) in [5, 5.41) is 9.26. The van der Waals surface area contributed by atoms with E-state index < -0.39 is 0 Å². The summed E-state index contributed by atoms with van der Waals surface area (Å²) in [5.41, 5.74) is 6.55. The fraction of sp³-hybridized carbons (Fsp3) is 0.636. The van der Waals surface area contributed by atoms with Crippen LogP contribution in [0.25, 0.3) is 0 Å². The largest absolute Gasteiger partial charge is 0.395 e. The molecule has 1 atom stereocenters. The van der Waals surface area contributed by atoms with Crippen LogP contribution in [0.2, 0.25) is 0 Å². The zero-order valence-electron chi connectivity index (χ0n) is 9.96. The molecule has 1 unspecified atom stereocenters. The van der Waals surface area contributed by atoms with Gasteiger partial charge in [-0.15, -0.1) is 0 Å². The Hall–Kier alpha value is -1.24. The molecule has 94 valence electrons. The molecule has 6 heteroatoms. The number of aliphatic hydroxyl groups excluding tert-OH is 1. The van der Waals surface area contributed by atoms with Crippen LogP contribution in [0.4, 0.5) is 5.82 Å². The van der Waals surface area contributed by atoms with Crippen LogP contribution in [0.5, 0.6) is 0 Å². The highest BCUT2D eigenvalue weighted by Crippen LogP contribution is 2.11. The van der Waals surface area contributed by atoms with Gasteiger partial charge in [0.25, 0.3) is 0 Å². The van der Waals surface area contributed by atoms with E-state index in [1.165, 1.54) is 0 Å². The van der Waals surface area contributed by atoms with Gasteiger partial charge in [0, 0.05) is 18.3 Å². The third-order valence-corrected chi connectivity index (χ3v) is 2.83. The van der Waals surface area contributed by atoms with E-state index in [1.54, 1.807) is 6.07 Å². The minimum absolute atomic E-state index is 0.0223. The molecule has 17 heavy (non-hydrogen) atoms. The summed E-state index contributed by atoms with van der Waals surface area (Å²) < 4.78 is 5.32. The van der Waals surface area contributed by atoms with Crippen LogP contribution in [0.1, 0.15) is 11.5 Å². The molecule has 0 amide bonds. The molecule has 0 aromatic carbocycles. The third-order valence-electron chi connectivity index (χ3n) is 2.83. The summed E-state index contributed by atoms with van der Waals surface area (Å²) in [6.07, 6.45) is 0. The lowest BCUT2D eigenvalue weighted by Crippen LogP contribution is -2.47. The molecule has 0 bridgehead atoms. The second-order valence-corrected chi connectivity index (χ2v) is 4.23. The Balaban J connectivity index is 2.08. The van der Waals surface area contributed by atoms with Gasteiger partial charge in [0.15, 0.2) is 0 Å². The summed E-state index contributed by atoms with van der Waals surface area (Å²) >= 11 is 0. The van der Waals surface area contributed by atoms with E-state index in [0.29, 0.717) is 31.4 Å². The molecule has 0 radical (unpaired) electrons. The lowest BCUT2D eigenvalue weighted by molar-refractivity contribution is -0.0322. The summed E-state index contributed by atoms with van der Waals surface area (Å²) in [4.78, 5) is 10.7. The second kappa shape index (κ2) is 5.39. The Bertz CT molecular complexity index is 365. The number of anilines is 1. The number of aliphatic hydroxyl groups is 1. The van der Waals surface area contributed by atoms with Gasteiger partial charge in [0.2, 0.25) is 0 Å². The van der Waals surface area contributed by atoms with Gasteiger partial charge in [-0.2, -0.15) is 0 Å². The highest BCUT2D eigenvalue weighted by Gasteiger charge is 2.23. The van der Waals surface area contributed by atoms with Crippen molar-refractivity contribution in [3.63, 3.8) is 0 Å². The van der Waals surface area contributed by atoms with E-state index in [0.717, 1.165) is 12.2 Å². The predicted molar refractivity (Wildman–Crippen MR) is 63.3 cm³/mol. The molecule has 1 saturated heterocycles. The molecule has 3 N–H and O–H groups in total. The number of ether oxygens (including phenoxy) is 1. The van der Waals surface area contributed by atoms with E-state index in [9.17, 15) is 5.11 Å². The summed E-state index contributed by atoms with van der Waals surface area (Å²) in [7, 11) is 0. The van der Waals surface area contributed by atoms with Gasteiger partial charge in [-0.1, -0.05) is 0 Å². The molecule has 1 aromatic rings. The van der Waals surface area contributed by atoms with Crippen LogP contribution in [0.3, 0.4) is 0 Å². The first kappa shape index (κ1) is 12.2. The quantitative estimate of drug-likeness (QED) is 0.742. The van der Waals surface area contributed by atoms with Gasteiger partial charge in [0.05, 0.1) is 32.4 Å². The molecule has 2 rings (SSSR count). The zero-order valence-corrected chi connectivity index (χ0v) is 9.96. The van der Waals surface area contributed by atoms with Crippen LogP contribution in [-0.2, 0) is 11.3 Å². The zero-order chi connectivity index (χ0) is 12.3. The SMILES string of the molecule is Cc1cc(N)nc(CN2CCOCC2CO)n1. The van der Waals surface area contributed by atoms with Crippen molar-refractivity contribution in [2.75, 3.05) is 32.1 Å². The van der Waals surface area contributed by atoms with E-state index >= 15 is 0 Å². The maximum atomic E-state index is 9.26. The average molecular weight is 238 g/mol. The smallest absolute Gasteiger partial charge is 0.144 e. The minimum atomic E-state index is 0.0223. The maximum absolute atomic E-state index is 9.26. The minimum Gasteiger partial charge on any atom is -0.395 e. The highest BCUT2D eigenvalue weighted by atomic mass is 16.5. The number of aromatic nitrogens is 2. The van der Waals surface area contributed by atoms with Crippen LogP contribution in [-0.4, -0.2) is 52.4 Å². The number of nitrogens with zero attached hydrogens (tertiary/aromatic N) is 3. The van der Waals surface area contributed by atoms with Crippen molar-refractivity contribution in [2.24, 2.45) is 0 Å². The van der Waals surface area contributed by atoms with Crippen molar-refractivity contribution in [2.45, 2.75) is 19.5 Å². The molecule has 1 aromatic heterocycles. The van der Waals surface area contributed by atoms with E-state index in [-0.39, 0.29) is 12.6 Å². The van der Waals surface area contributed by atoms with E-state index in [4.69, 9.17) is 10.5 Å². The van der Waals surface area contributed by atoms with Crippen molar-refractivity contribution in [1.82, 2.24) is 14.9 Å². The summed E-state index contributed by atoms with van der Waals surface area (Å²) in [6.45, 7) is 4.59. The van der Waals surface area contributed by atoms with Crippen LogP contribution < -0.4 is 5.73 Å². The van der Waals surface area contributed by atoms with Crippen molar-refractivity contribution >= 4 is 5.82 Å². The molecular weight excluding hydrogens is 220 g/mol. The van der Waals surface area contributed by atoms with Crippen molar-refractivity contribution in [1.29, 1.82) is 0 Å². The number of rotatable bonds is 3. The maximum Gasteiger partial charge on any atom is 0.144 e. The van der Waals surface area contributed by atoms with Gasteiger partial charge >= 0.3 is 0 Å². The number of hydrogen-bond donors (Lipinski definition) is 2. The van der Waals surface area contributed by atoms with Crippen LogP contribution in [0, 0.1) is 6.92 Å². The van der Waals surface area contributed by atoms with Crippen molar-refractivity contribution < 1.29 is 9.84 Å². The molecule has 1 aliphatic heterocycles. The number of aryl methyl sites for hydroxylation is 1. The van der Waals surface area contributed by atoms with Crippen LogP contribution >= 0.6 is 0 Å². The van der Waals surface area contributed by atoms with Gasteiger partial charge in [-0.05, 0) is 6.92 Å². The average Bonchev–Trinajstić information content (AvgIpc) is 2.28. The Morgan fingerprint density at radius 3 is 3.12 bits per heavy atom. The molecule has 0 aliphatic carbocycles. The molecular formula is C11H18N4O2. The molecule has 6 nitrogen and oxygen atoms in total. The molecule has 1 fully saturated rings.